The number of anilines is 1. The lowest BCUT2D eigenvalue weighted by molar-refractivity contribution is 0.0951. The average molecular weight is 330 g/mol. The number of carbonyl (C=O) groups is 1. The van der Waals surface area contributed by atoms with Crippen LogP contribution in [0.4, 0.5) is 5.69 Å². The van der Waals surface area contributed by atoms with E-state index in [2.05, 4.69) is 28.7 Å². The van der Waals surface area contributed by atoms with E-state index in [0.29, 0.717) is 12.1 Å². The second kappa shape index (κ2) is 8.37. The van der Waals surface area contributed by atoms with Gasteiger partial charge in [0.2, 0.25) is 0 Å². The van der Waals surface area contributed by atoms with E-state index < -0.39 is 0 Å². The minimum absolute atomic E-state index is 0.130. The molecule has 1 aromatic rings. The lowest BCUT2D eigenvalue weighted by Gasteiger charge is -2.35. The number of piperazine rings is 1. The van der Waals surface area contributed by atoms with Crippen LogP contribution >= 0.6 is 0 Å². The molecule has 1 amide bonds. The third-order valence-electron chi connectivity index (χ3n) is 4.08. The molecule has 1 aliphatic heterocycles. The minimum Gasteiger partial charge on any atom is -0.403 e. The van der Waals surface area contributed by atoms with Gasteiger partial charge in [-0.1, -0.05) is 6.58 Å². The van der Waals surface area contributed by atoms with Crippen molar-refractivity contribution in [1.82, 2.24) is 15.1 Å². The van der Waals surface area contributed by atoms with Gasteiger partial charge in [0.1, 0.15) is 0 Å². The molecule has 0 saturated carbocycles. The van der Waals surface area contributed by atoms with Gasteiger partial charge in [0, 0.05) is 49.8 Å². The zero-order valence-corrected chi connectivity index (χ0v) is 14.1. The van der Waals surface area contributed by atoms with Gasteiger partial charge in [-0.25, -0.2) is 5.84 Å². The highest BCUT2D eigenvalue weighted by molar-refractivity contribution is 5.94. The van der Waals surface area contributed by atoms with Crippen LogP contribution in [0.3, 0.4) is 0 Å². The van der Waals surface area contributed by atoms with E-state index in [-0.39, 0.29) is 5.91 Å². The molecule has 0 radical (unpaired) electrons. The Labute approximate surface area is 143 Å². The van der Waals surface area contributed by atoms with Crippen molar-refractivity contribution in [3.05, 3.63) is 54.5 Å². The highest BCUT2D eigenvalue weighted by Crippen LogP contribution is 2.13. The molecule has 1 aliphatic rings. The van der Waals surface area contributed by atoms with Crippen molar-refractivity contribution < 1.29 is 4.79 Å². The van der Waals surface area contributed by atoms with Crippen molar-refractivity contribution in [1.29, 1.82) is 0 Å². The van der Waals surface area contributed by atoms with Crippen LogP contribution in [0.5, 0.6) is 0 Å². The smallest absolute Gasteiger partial charge is 0.251 e. The quantitative estimate of drug-likeness (QED) is 0.513. The molecular formula is C17H26N6O. The van der Waals surface area contributed by atoms with Crippen molar-refractivity contribution >= 4 is 11.6 Å². The molecule has 0 aromatic heterocycles. The maximum Gasteiger partial charge on any atom is 0.251 e. The fourth-order valence-electron chi connectivity index (χ4n) is 2.48. The number of hydrazine groups is 1. The van der Waals surface area contributed by atoms with Gasteiger partial charge in [-0.2, -0.15) is 0 Å². The van der Waals surface area contributed by atoms with Gasteiger partial charge in [0.25, 0.3) is 5.91 Å². The van der Waals surface area contributed by atoms with E-state index in [1.807, 2.05) is 0 Å². The molecule has 0 aliphatic carbocycles. The molecule has 1 aromatic carbocycles. The molecular weight excluding hydrogens is 304 g/mol. The number of likely N-dealkylation sites (N-methyl/N-ethyl adjacent to an activating group) is 1. The summed E-state index contributed by atoms with van der Waals surface area (Å²) in [4.78, 5) is 16.7. The van der Waals surface area contributed by atoms with Gasteiger partial charge in [0.15, 0.2) is 0 Å². The Morgan fingerprint density at radius 3 is 2.50 bits per heavy atom. The Kier molecular flexibility index (Phi) is 6.22. The molecule has 7 heteroatoms. The van der Waals surface area contributed by atoms with E-state index >= 15 is 0 Å². The highest BCUT2D eigenvalue weighted by atomic mass is 16.1. The molecule has 0 bridgehead atoms. The Bertz CT molecular complexity index is 590. The SMILES string of the molecule is C=C(CNC(=O)c1ccc(N(N)/C=C\N)cc1)N1CCN(C)CC1. The molecule has 24 heavy (non-hydrogen) atoms. The lowest BCUT2D eigenvalue weighted by Crippen LogP contribution is -2.45. The normalized spacial score (nSPS) is 15.5. The van der Waals surface area contributed by atoms with E-state index in [1.54, 1.807) is 24.3 Å². The number of hydrogen-bond donors (Lipinski definition) is 3. The van der Waals surface area contributed by atoms with E-state index in [9.17, 15) is 4.79 Å². The standard InChI is InChI=1S/C17H26N6O/c1-14(22-11-9-21(2)10-12-22)13-20-17(24)15-3-5-16(6-4-15)23(19)8-7-18/h3-8H,1,9-13,18-19H2,2H3,(H,20,24)/b8-7-. The van der Waals surface area contributed by atoms with E-state index in [0.717, 1.165) is 37.6 Å². The Morgan fingerprint density at radius 1 is 1.29 bits per heavy atom. The molecule has 1 saturated heterocycles. The van der Waals surface area contributed by atoms with Crippen LogP contribution in [0.25, 0.3) is 0 Å². The van der Waals surface area contributed by atoms with Crippen molar-refractivity contribution in [2.45, 2.75) is 0 Å². The summed E-state index contributed by atoms with van der Waals surface area (Å²) in [5.74, 6) is 5.64. The lowest BCUT2D eigenvalue weighted by atomic mass is 10.2. The monoisotopic (exact) mass is 330 g/mol. The van der Waals surface area contributed by atoms with Crippen LogP contribution in [0, 0.1) is 0 Å². The van der Waals surface area contributed by atoms with Crippen LogP contribution < -0.4 is 21.9 Å². The highest BCUT2D eigenvalue weighted by Gasteiger charge is 2.15. The number of nitrogens with one attached hydrogen (secondary N) is 1. The van der Waals surface area contributed by atoms with Crippen LogP contribution in [0.15, 0.2) is 48.9 Å². The Morgan fingerprint density at radius 2 is 1.92 bits per heavy atom. The van der Waals surface area contributed by atoms with Crippen molar-refractivity contribution in [3.63, 3.8) is 0 Å². The number of rotatable bonds is 6. The Balaban J connectivity index is 1.85. The first-order valence-electron chi connectivity index (χ1n) is 7.93. The largest absolute Gasteiger partial charge is 0.403 e. The third kappa shape index (κ3) is 4.74. The summed E-state index contributed by atoms with van der Waals surface area (Å²) in [5, 5.41) is 4.29. The fraction of sp³-hybridized carbons (Fsp3) is 0.353. The van der Waals surface area contributed by atoms with Gasteiger partial charge in [-0.05, 0) is 31.3 Å². The van der Waals surface area contributed by atoms with Gasteiger partial charge < -0.3 is 20.9 Å². The number of nitrogens with zero attached hydrogens (tertiary/aromatic N) is 3. The summed E-state index contributed by atoms with van der Waals surface area (Å²) >= 11 is 0. The molecule has 130 valence electrons. The summed E-state index contributed by atoms with van der Waals surface area (Å²) in [6, 6.07) is 7.00. The van der Waals surface area contributed by atoms with Gasteiger partial charge >= 0.3 is 0 Å². The first kappa shape index (κ1) is 17.8. The van der Waals surface area contributed by atoms with Gasteiger partial charge in [0.05, 0.1) is 12.2 Å². The summed E-state index contributed by atoms with van der Waals surface area (Å²) in [6.45, 7) is 8.45. The van der Waals surface area contributed by atoms with Crippen LogP contribution in [0.1, 0.15) is 10.4 Å². The minimum atomic E-state index is -0.130. The van der Waals surface area contributed by atoms with Crippen LogP contribution in [0.2, 0.25) is 0 Å². The van der Waals surface area contributed by atoms with E-state index in [4.69, 9.17) is 11.6 Å². The Hall–Kier alpha value is -2.51. The van der Waals surface area contributed by atoms with Gasteiger partial charge in [-0.15, -0.1) is 0 Å². The molecule has 7 nitrogen and oxygen atoms in total. The molecule has 0 atom stereocenters. The van der Waals surface area contributed by atoms with E-state index in [1.165, 1.54) is 17.4 Å². The first-order chi connectivity index (χ1) is 11.5. The fourth-order valence-corrected chi connectivity index (χ4v) is 2.48. The molecule has 0 spiro atoms. The molecule has 5 N–H and O–H groups in total. The molecule has 1 fully saturated rings. The van der Waals surface area contributed by atoms with Crippen LogP contribution in [-0.4, -0.2) is 55.5 Å². The maximum atomic E-state index is 12.2. The number of nitrogens with two attached hydrogens (primary N) is 2. The first-order valence-corrected chi connectivity index (χ1v) is 7.93. The second-order valence-electron chi connectivity index (χ2n) is 5.83. The summed E-state index contributed by atoms with van der Waals surface area (Å²) in [5.41, 5.74) is 7.56. The molecule has 2 rings (SSSR count). The second-order valence-corrected chi connectivity index (χ2v) is 5.83. The number of carbonyl (C=O) groups excluding carboxylic acids is 1. The topological polar surface area (TPSA) is 90.9 Å². The number of hydrogen-bond acceptors (Lipinski definition) is 6. The predicted molar refractivity (Wildman–Crippen MR) is 97.0 cm³/mol. The van der Waals surface area contributed by atoms with Crippen molar-refractivity contribution in [2.75, 3.05) is 44.8 Å². The third-order valence-corrected chi connectivity index (χ3v) is 4.08. The van der Waals surface area contributed by atoms with Gasteiger partial charge in [-0.3, -0.25) is 9.80 Å². The number of benzene rings is 1. The van der Waals surface area contributed by atoms with Crippen molar-refractivity contribution in [2.24, 2.45) is 11.6 Å². The maximum absolute atomic E-state index is 12.2. The zero-order chi connectivity index (χ0) is 17.5. The predicted octanol–water partition coefficient (Wildman–Crippen LogP) is 0.288. The zero-order valence-electron chi connectivity index (χ0n) is 14.1. The summed E-state index contributed by atoms with van der Waals surface area (Å²) in [6.07, 6.45) is 2.89. The average Bonchev–Trinajstić information content (AvgIpc) is 2.60. The van der Waals surface area contributed by atoms with Crippen molar-refractivity contribution in [3.8, 4) is 0 Å². The number of amides is 1. The van der Waals surface area contributed by atoms with Crippen LogP contribution in [-0.2, 0) is 0 Å². The summed E-state index contributed by atoms with van der Waals surface area (Å²) < 4.78 is 0. The molecule has 1 heterocycles. The molecule has 0 unspecified atom stereocenters. The summed E-state index contributed by atoms with van der Waals surface area (Å²) in [7, 11) is 2.11.